The van der Waals surface area contributed by atoms with Gasteiger partial charge in [0.15, 0.2) is 0 Å². The summed E-state index contributed by atoms with van der Waals surface area (Å²) in [5, 5.41) is 0. The molecule has 0 aromatic carbocycles. The van der Waals surface area contributed by atoms with Gasteiger partial charge in [0.25, 0.3) is 0 Å². The summed E-state index contributed by atoms with van der Waals surface area (Å²) in [4.78, 5) is 87.9. The summed E-state index contributed by atoms with van der Waals surface area (Å²) in [6.07, 6.45) is 0. The van der Waals surface area contributed by atoms with Crippen LogP contribution in [-0.4, -0.2) is 84.7 Å². The molecular formula is C8H36O12Si3. The van der Waals surface area contributed by atoms with E-state index < -0.39 is 27.1 Å². The molecule has 0 bridgehead atoms. The topological polar surface area (TPSA) is 243 Å². The summed E-state index contributed by atoms with van der Waals surface area (Å²) >= 11 is 0. The number of hydrogen-bond donors (Lipinski definition) is 12. The molecule has 23 heavy (non-hydrogen) atoms. The summed E-state index contributed by atoms with van der Waals surface area (Å²) in [6.45, 7) is 16.0. The van der Waals surface area contributed by atoms with Gasteiger partial charge in [0.05, 0.1) is 0 Å². The van der Waals surface area contributed by atoms with Crippen LogP contribution in [0.5, 0.6) is 0 Å². The number of rotatable bonds is 0. The van der Waals surface area contributed by atoms with E-state index in [-0.39, 0.29) is 0 Å². The molecule has 0 atom stereocenters. The van der Waals surface area contributed by atoms with Gasteiger partial charge in [-0.25, -0.2) is 0 Å². The SMILES string of the molecule is CC.CC.CC.CC.O[Si](O)(O)O.O[Si](O)(O)O.O[Si](O)(O)O. The standard InChI is InChI=1S/4C2H6.3H4O4Si/c4*1-2;3*1-5(2,3)4/h4*1-2H3;3*1-4H. The van der Waals surface area contributed by atoms with E-state index in [9.17, 15) is 0 Å². The van der Waals surface area contributed by atoms with Crippen molar-refractivity contribution in [3.8, 4) is 0 Å². The molecule has 12 nitrogen and oxygen atoms in total. The van der Waals surface area contributed by atoms with E-state index in [1.54, 1.807) is 0 Å². The van der Waals surface area contributed by atoms with Crippen molar-refractivity contribution in [3.05, 3.63) is 0 Å². The first-order chi connectivity index (χ1) is 10.0. The molecule has 0 saturated carbocycles. The van der Waals surface area contributed by atoms with Crippen LogP contribution in [0.4, 0.5) is 0 Å². The second-order valence-corrected chi connectivity index (χ2v) is 5.40. The fraction of sp³-hybridized carbons (Fsp3) is 1.00. The van der Waals surface area contributed by atoms with Crippen LogP contribution in [0.1, 0.15) is 55.4 Å². The minimum atomic E-state index is -4.61. The van der Waals surface area contributed by atoms with Crippen molar-refractivity contribution < 1.29 is 57.5 Å². The Morgan fingerprint density at radius 1 is 0.261 bits per heavy atom. The minimum absolute atomic E-state index is 2.00. The maximum absolute atomic E-state index is 7.33. The molecule has 0 aliphatic rings. The van der Waals surface area contributed by atoms with Gasteiger partial charge in [0.1, 0.15) is 0 Å². The van der Waals surface area contributed by atoms with Crippen LogP contribution in [0.15, 0.2) is 0 Å². The second kappa shape index (κ2) is 30.1. The maximum Gasteiger partial charge on any atom is 0.668 e. The van der Waals surface area contributed by atoms with E-state index in [1.165, 1.54) is 0 Å². The fourth-order valence-corrected chi connectivity index (χ4v) is 0. The van der Waals surface area contributed by atoms with E-state index >= 15 is 0 Å². The molecule has 152 valence electrons. The average Bonchev–Trinajstić information content (AvgIpc) is 2.32. The lowest BCUT2D eigenvalue weighted by Crippen LogP contribution is -2.33. The predicted octanol–water partition coefficient (Wildman–Crippen LogP) is -3.72. The first kappa shape index (κ1) is 43.6. The van der Waals surface area contributed by atoms with Crippen LogP contribution < -0.4 is 0 Å². The predicted molar refractivity (Wildman–Crippen MR) is 89.3 cm³/mol. The Morgan fingerprint density at radius 2 is 0.261 bits per heavy atom. The molecule has 0 saturated heterocycles. The normalized spacial score (nSPS) is 8.87. The smallest absolute Gasteiger partial charge is 0.368 e. The van der Waals surface area contributed by atoms with Crippen molar-refractivity contribution in [1.82, 2.24) is 0 Å². The number of hydrogen-bond acceptors (Lipinski definition) is 12. The first-order valence-corrected chi connectivity index (χ1v) is 12.0. The molecule has 0 spiro atoms. The molecule has 0 aliphatic carbocycles. The first-order valence-electron chi connectivity index (χ1n) is 6.68. The third-order valence-electron chi connectivity index (χ3n) is 0. The van der Waals surface area contributed by atoms with E-state index in [4.69, 9.17) is 57.5 Å². The highest BCUT2D eigenvalue weighted by Gasteiger charge is 2.23. The molecule has 0 fully saturated rings. The van der Waals surface area contributed by atoms with Gasteiger partial charge < -0.3 is 57.5 Å². The van der Waals surface area contributed by atoms with Crippen molar-refractivity contribution >= 4 is 27.1 Å². The highest BCUT2D eigenvalue weighted by molar-refractivity contribution is 6.47. The van der Waals surface area contributed by atoms with Gasteiger partial charge in [-0.2, -0.15) is 0 Å². The van der Waals surface area contributed by atoms with Crippen LogP contribution in [0.3, 0.4) is 0 Å². The Balaban J connectivity index is -0.0000000274. The van der Waals surface area contributed by atoms with Gasteiger partial charge in [0.2, 0.25) is 0 Å². The van der Waals surface area contributed by atoms with Gasteiger partial charge in [-0.3, -0.25) is 0 Å². The minimum Gasteiger partial charge on any atom is -0.368 e. The zero-order valence-corrected chi connectivity index (χ0v) is 17.9. The van der Waals surface area contributed by atoms with Gasteiger partial charge >= 0.3 is 27.1 Å². The fourth-order valence-electron chi connectivity index (χ4n) is 0. The lowest BCUT2D eigenvalue weighted by Gasteiger charge is -1.91. The lowest BCUT2D eigenvalue weighted by atomic mass is 11.0. The molecule has 15 heteroatoms. The Kier molecular flexibility index (Phi) is 57.0. The molecule has 12 N–H and O–H groups in total. The molecular weight excluding hydrogens is 372 g/mol. The van der Waals surface area contributed by atoms with Gasteiger partial charge in [0, 0.05) is 0 Å². The van der Waals surface area contributed by atoms with Gasteiger partial charge in [-0.15, -0.1) is 0 Å². The Morgan fingerprint density at radius 3 is 0.261 bits per heavy atom. The third-order valence-corrected chi connectivity index (χ3v) is 0. The van der Waals surface area contributed by atoms with Crippen molar-refractivity contribution in [3.63, 3.8) is 0 Å². The van der Waals surface area contributed by atoms with Crippen molar-refractivity contribution in [2.24, 2.45) is 0 Å². The molecule has 0 radical (unpaired) electrons. The van der Waals surface area contributed by atoms with E-state index in [2.05, 4.69) is 0 Å². The van der Waals surface area contributed by atoms with Gasteiger partial charge in [-0.1, -0.05) is 55.4 Å². The zero-order valence-electron chi connectivity index (χ0n) is 14.9. The van der Waals surface area contributed by atoms with E-state index in [1.807, 2.05) is 55.4 Å². The van der Waals surface area contributed by atoms with Crippen molar-refractivity contribution in [2.75, 3.05) is 0 Å². The van der Waals surface area contributed by atoms with Crippen molar-refractivity contribution in [1.29, 1.82) is 0 Å². The molecule has 0 heterocycles. The molecule has 0 rings (SSSR count). The molecule has 0 aliphatic heterocycles. The van der Waals surface area contributed by atoms with Crippen LogP contribution in [0, 0.1) is 0 Å². The summed E-state index contributed by atoms with van der Waals surface area (Å²) in [7, 11) is -13.8. The van der Waals surface area contributed by atoms with E-state index in [0.29, 0.717) is 0 Å². The Hall–Kier alpha value is 0.171. The molecule has 0 unspecified atom stereocenters. The highest BCUT2D eigenvalue weighted by Crippen LogP contribution is 1.68. The quantitative estimate of drug-likeness (QED) is 0.173. The van der Waals surface area contributed by atoms with Crippen LogP contribution >= 0.6 is 0 Å². The Bertz CT molecular complexity index is 107. The van der Waals surface area contributed by atoms with Crippen LogP contribution in [-0.2, 0) is 0 Å². The lowest BCUT2D eigenvalue weighted by molar-refractivity contribution is 0.115. The molecule has 0 amide bonds. The third kappa shape index (κ3) is 310000. The second-order valence-electron chi connectivity index (χ2n) is 1.80. The van der Waals surface area contributed by atoms with Crippen LogP contribution in [0.25, 0.3) is 0 Å². The average molecular weight is 409 g/mol. The van der Waals surface area contributed by atoms with Gasteiger partial charge in [-0.05, 0) is 0 Å². The van der Waals surface area contributed by atoms with E-state index in [0.717, 1.165) is 0 Å². The Labute approximate surface area is 140 Å². The summed E-state index contributed by atoms with van der Waals surface area (Å²) < 4.78 is 0. The zero-order chi connectivity index (χ0) is 21.5. The summed E-state index contributed by atoms with van der Waals surface area (Å²) in [5.41, 5.74) is 0. The maximum atomic E-state index is 7.33. The molecule has 0 aromatic heterocycles. The monoisotopic (exact) mass is 408 g/mol. The summed E-state index contributed by atoms with van der Waals surface area (Å²) in [6, 6.07) is 0. The molecule has 0 aromatic rings. The largest absolute Gasteiger partial charge is 0.668 e. The highest BCUT2D eigenvalue weighted by atomic mass is 28.4. The van der Waals surface area contributed by atoms with Crippen molar-refractivity contribution in [2.45, 2.75) is 55.4 Å². The summed E-state index contributed by atoms with van der Waals surface area (Å²) in [5.74, 6) is 0. The van der Waals surface area contributed by atoms with Crippen LogP contribution in [0.2, 0.25) is 0 Å².